The van der Waals surface area contributed by atoms with Gasteiger partial charge in [0, 0.05) is 6.61 Å². The van der Waals surface area contributed by atoms with Crippen molar-refractivity contribution in [2.75, 3.05) is 24.3 Å². The van der Waals surface area contributed by atoms with Crippen molar-refractivity contribution in [2.24, 2.45) is 5.92 Å². The van der Waals surface area contributed by atoms with E-state index in [1.807, 2.05) is 0 Å². The smallest absolute Gasteiger partial charge is 0.250 e. The van der Waals surface area contributed by atoms with E-state index in [2.05, 4.69) is 19.2 Å². The van der Waals surface area contributed by atoms with Crippen LogP contribution in [-0.4, -0.2) is 19.1 Å². The van der Waals surface area contributed by atoms with E-state index >= 15 is 0 Å². The summed E-state index contributed by atoms with van der Waals surface area (Å²) in [4.78, 5) is 11.5. The minimum Gasteiger partial charge on any atom is -0.397 e. The highest BCUT2D eigenvalue weighted by Gasteiger charge is 2.06. The first-order valence-corrected chi connectivity index (χ1v) is 5.91. The van der Waals surface area contributed by atoms with Crippen LogP contribution in [0.25, 0.3) is 0 Å². The van der Waals surface area contributed by atoms with Crippen molar-refractivity contribution in [1.82, 2.24) is 0 Å². The molecule has 1 aromatic rings. The SMILES string of the molecule is CC(C)CCOCC(=O)Nc1cc(F)ccc1N. The van der Waals surface area contributed by atoms with E-state index in [1.54, 1.807) is 0 Å². The molecule has 0 saturated heterocycles. The quantitative estimate of drug-likeness (QED) is 0.605. The van der Waals surface area contributed by atoms with Crippen molar-refractivity contribution in [2.45, 2.75) is 20.3 Å². The Morgan fingerprint density at radius 3 is 2.89 bits per heavy atom. The summed E-state index contributed by atoms with van der Waals surface area (Å²) in [5.74, 6) is -0.247. The van der Waals surface area contributed by atoms with Crippen LogP contribution >= 0.6 is 0 Å². The van der Waals surface area contributed by atoms with Crippen LogP contribution in [0.5, 0.6) is 0 Å². The summed E-state index contributed by atoms with van der Waals surface area (Å²) in [6.07, 6.45) is 0.898. The van der Waals surface area contributed by atoms with Gasteiger partial charge in [-0.2, -0.15) is 0 Å². The number of rotatable bonds is 6. The Bertz CT molecular complexity index is 408. The number of amides is 1. The lowest BCUT2D eigenvalue weighted by molar-refractivity contribution is -0.120. The third kappa shape index (κ3) is 5.14. The average molecular weight is 254 g/mol. The molecule has 0 spiro atoms. The van der Waals surface area contributed by atoms with E-state index in [4.69, 9.17) is 10.5 Å². The number of nitrogen functional groups attached to an aromatic ring is 1. The Morgan fingerprint density at radius 2 is 2.22 bits per heavy atom. The van der Waals surface area contributed by atoms with Gasteiger partial charge in [0.15, 0.2) is 0 Å². The monoisotopic (exact) mass is 254 g/mol. The van der Waals surface area contributed by atoms with Gasteiger partial charge in [-0.3, -0.25) is 4.79 Å². The van der Waals surface area contributed by atoms with E-state index in [0.29, 0.717) is 18.2 Å². The van der Waals surface area contributed by atoms with Crippen molar-refractivity contribution in [1.29, 1.82) is 0 Å². The zero-order valence-electron chi connectivity index (χ0n) is 10.7. The van der Waals surface area contributed by atoms with Crippen molar-refractivity contribution >= 4 is 17.3 Å². The summed E-state index contributed by atoms with van der Waals surface area (Å²) in [6.45, 7) is 4.64. The maximum absolute atomic E-state index is 13.0. The summed E-state index contributed by atoms with van der Waals surface area (Å²) in [5.41, 5.74) is 6.21. The van der Waals surface area contributed by atoms with Crippen LogP contribution in [0.1, 0.15) is 20.3 Å². The Morgan fingerprint density at radius 1 is 1.50 bits per heavy atom. The van der Waals surface area contributed by atoms with Crippen molar-refractivity contribution < 1.29 is 13.9 Å². The Kier molecular flexibility index (Phi) is 5.58. The molecule has 0 atom stereocenters. The van der Waals surface area contributed by atoms with Crippen molar-refractivity contribution in [3.63, 3.8) is 0 Å². The molecule has 0 aliphatic rings. The van der Waals surface area contributed by atoms with Gasteiger partial charge in [0.05, 0.1) is 11.4 Å². The average Bonchev–Trinajstić information content (AvgIpc) is 2.29. The maximum atomic E-state index is 13.0. The Hall–Kier alpha value is -1.62. The molecule has 0 unspecified atom stereocenters. The fourth-order valence-electron chi connectivity index (χ4n) is 1.31. The number of anilines is 2. The largest absolute Gasteiger partial charge is 0.397 e. The molecule has 0 radical (unpaired) electrons. The molecule has 4 nitrogen and oxygen atoms in total. The normalized spacial score (nSPS) is 10.7. The van der Waals surface area contributed by atoms with Crippen LogP contribution < -0.4 is 11.1 Å². The third-order valence-electron chi connectivity index (χ3n) is 2.36. The summed E-state index contributed by atoms with van der Waals surface area (Å²) >= 11 is 0. The van der Waals surface area contributed by atoms with E-state index in [0.717, 1.165) is 6.42 Å². The second kappa shape index (κ2) is 6.96. The van der Waals surface area contributed by atoms with Crippen molar-refractivity contribution in [3.8, 4) is 0 Å². The topological polar surface area (TPSA) is 64.3 Å². The van der Waals surface area contributed by atoms with Crippen LogP contribution in [0.4, 0.5) is 15.8 Å². The van der Waals surface area contributed by atoms with Crippen LogP contribution in [0.3, 0.4) is 0 Å². The highest BCUT2D eigenvalue weighted by Crippen LogP contribution is 2.18. The standard InChI is InChI=1S/C13H19FN2O2/c1-9(2)5-6-18-8-13(17)16-12-7-10(14)3-4-11(12)15/h3-4,7,9H,5-6,8,15H2,1-2H3,(H,16,17). The zero-order valence-corrected chi connectivity index (χ0v) is 10.7. The summed E-state index contributed by atoms with van der Waals surface area (Å²) in [6, 6.07) is 3.83. The maximum Gasteiger partial charge on any atom is 0.250 e. The highest BCUT2D eigenvalue weighted by atomic mass is 19.1. The van der Waals surface area contributed by atoms with Gasteiger partial charge in [-0.05, 0) is 30.5 Å². The molecule has 1 rings (SSSR count). The number of carbonyl (C=O) groups excluding carboxylic acids is 1. The Labute approximate surface area is 106 Å². The molecule has 100 valence electrons. The zero-order chi connectivity index (χ0) is 13.5. The van der Waals surface area contributed by atoms with Crippen molar-refractivity contribution in [3.05, 3.63) is 24.0 Å². The van der Waals surface area contributed by atoms with Gasteiger partial charge in [0.2, 0.25) is 5.91 Å². The molecule has 5 heteroatoms. The molecule has 1 amide bonds. The summed E-state index contributed by atoms with van der Waals surface area (Å²) < 4.78 is 18.2. The number of nitrogens with two attached hydrogens (primary N) is 1. The number of nitrogens with one attached hydrogen (secondary N) is 1. The van der Waals surface area contributed by atoms with Crippen LogP contribution in [0.15, 0.2) is 18.2 Å². The van der Waals surface area contributed by atoms with E-state index in [-0.39, 0.29) is 18.2 Å². The van der Waals surface area contributed by atoms with E-state index in [1.165, 1.54) is 18.2 Å². The molecular formula is C13H19FN2O2. The molecular weight excluding hydrogens is 235 g/mol. The van der Waals surface area contributed by atoms with Crippen LogP contribution in [0, 0.1) is 11.7 Å². The van der Waals surface area contributed by atoms with Gasteiger partial charge in [-0.1, -0.05) is 13.8 Å². The minimum absolute atomic E-state index is 0.0529. The van der Waals surface area contributed by atoms with Gasteiger partial charge < -0.3 is 15.8 Å². The first-order chi connectivity index (χ1) is 8.49. The first kappa shape index (κ1) is 14.4. The summed E-state index contributed by atoms with van der Waals surface area (Å²) in [5, 5.41) is 2.51. The van der Waals surface area contributed by atoms with Gasteiger partial charge in [0.1, 0.15) is 12.4 Å². The number of carbonyl (C=O) groups is 1. The van der Waals surface area contributed by atoms with Gasteiger partial charge in [-0.25, -0.2) is 4.39 Å². The molecule has 1 aromatic carbocycles. The van der Waals surface area contributed by atoms with E-state index < -0.39 is 5.82 Å². The fraction of sp³-hybridized carbons (Fsp3) is 0.462. The predicted molar refractivity (Wildman–Crippen MR) is 69.7 cm³/mol. The highest BCUT2D eigenvalue weighted by molar-refractivity contribution is 5.94. The first-order valence-electron chi connectivity index (χ1n) is 5.91. The molecule has 18 heavy (non-hydrogen) atoms. The molecule has 0 aliphatic carbocycles. The molecule has 0 bridgehead atoms. The second-order valence-corrected chi connectivity index (χ2v) is 4.51. The fourth-order valence-corrected chi connectivity index (χ4v) is 1.31. The predicted octanol–water partition coefficient (Wildman–Crippen LogP) is 2.41. The van der Waals surface area contributed by atoms with Crippen LogP contribution in [0.2, 0.25) is 0 Å². The molecule has 0 heterocycles. The van der Waals surface area contributed by atoms with Crippen LogP contribution in [-0.2, 0) is 9.53 Å². The lowest BCUT2D eigenvalue weighted by atomic mass is 10.1. The number of benzene rings is 1. The Balaban J connectivity index is 2.38. The number of hydrogen-bond acceptors (Lipinski definition) is 3. The second-order valence-electron chi connectivity index (χ2n) is 4.51. The molecule has 3 N–H and O–H groups in total. The number of hydrogen-bond donors (Lipinski definition) is 2. The summed E-state index contributed by atoms with van der Waals surface area (Å²) in [7, 11) is 0. The molecule has 0 saturated carbocycles. The number of ether oxygens (including phenoxy) is 1. The van der Waals surface area contributed by atoms with E-state index in [9.17, 15) is 9.18 Å². The lowest BCUT2D eigenvalue weighted by Gasteiger charge is -2.09. The minimum atomic E-state index is -0.444. The molecule has 0 aromatic heterocycles. The van der Waals surface area contributed by atoms with Gasteiger partial charge in [0.25, 0.3) is 0 Å². The number of halogens is 1. The lowest BCUT2D eigenvalue weighted by Crippen LogP contribution is -2.19. The van der Waals surface area contributed by atoms with Gasteiger partial charge >= 0.3 is 0 Å². The molecule has 0 fully saturated rings. The van der Waals surface area contributed by atoms with Gasteiger partial charge in [-0.15, -0.1) is 0 Å². The third-order valence-corrected chi connectivity index (χ3v) is 2.36. The molecule has 0 aliphatic heterocycles.